The van der Waals surface area contributed by atoms with E-state index in [4.69, 9.17) is 0 Å². The first-order chi connectivity index (χ1) is 7.42. The summed E-state index contributed by atoms with van der Waals surface area (Å²) in [6, 6.07) is 2.95. The molecule has 1 aromatic heterocycles. The molecule has 0 fully saturated rings. The van der Waals surface area contributed by atoms with E-state index < -0.39 is 0 Å². The molecule has 1 nitrogen and oxygen atoms in total. The van der Waals surface area contributed by atoms with Gasteiger partial charge < -0.3 is 5.32 Å². The Morgan fingerprint density at radius 1 is 1.60 bits per heavy atom. The molecular weight excluding hydrogens is 222 g/mol. The topological polar surface area (TPSA) is 12.0 Å². The maximum atomic E-state index is 3.69. The van der Waals surface area contributed by atoms with E-state index in [2.05, 4.69) is 23.0 Å². The van der Waals surface area contributed by atoms with Crippen LogP contribution in [0, 0.1) is 0 Å². The first-order valence-corrected chi connectivity index (χ1v) is 7.97. The van der Waals surface area contributed by atoms with Crippen molar-refractivity contribution in [1.29, 1.82) is 0 Å². The molecule has 15 heavy (non-hydrogen) atoms. The molecule has 0 aromatic carbocycles. The molecule has 1 aliphatic rings. The summed E-state index contributed by atoms with van der Waals surface area (Å²) in [5.74, 6) is 1.27. The van der Waals surface area contributed by atoms with E-state index in [0.29, 0.717) is 6.04 Å². The van der Waals surface area contributed by atoms with Crippen molar-refractivity contribution < 1.29 is 0 Å². The number of rotatable bonds is 5. The number of thiophene rings is 1. The Morgan fingerprint density at radius 3 is 3.40 bits per heavy atom. The lowest BCUT2D eigenvalue weighted by Crippen LogP contribution is -2.25. The zero-order chi connectivity index (χ0) is 10.5. The highest BCUT2D eigenvalue weighted by atomic mass is 32.2. The fourth-order valence-corrected chi connectivity index (χ4v) is 3.61. The third-order valence-corrected chi connectivity index (χ3v) is 4.66. The lowest BCUT2D eigenvalue weighted by atomic mass is 9.94. The van der Waals surface area contributed by atoms with Crippen LogP contribution in [0.5, 0.6) is 0 Å². The number of hydrogen-bond donors (Lipinski definition) is 1. The van der Waals surface area contributed by atoms with Crippen LogP contribution in [0.4, 0.5) is 0 Å². The third-order valence-electron chi connectivity index (χ3n) is 2.97. The van der Waals surface area contributed by atoms with Gasteiger partial charge in [-0.3, -0.25) is 0 Å². The molecule has 0 aliphatic heterocycles. The van der Waals surface area contributed by atoms with E-state index in [9.17, 15) is 0 Å². The average Bonchev–Trinajstić information content (AvgIpc) is 2.73. The third kappa shape index (κ3) is 2.99. The van der Waals surface area contributed by atoms with Crippen LogP contribution in [-0.4, -0.2) is 18.6 Å². The van der Waals surface area contributed by atoms with E-state index in [1.54, 1.807) is 10.4 Å². The van der Waals surface area contributed by atoms with Gasteiger partial charge in [-0.25, -0.2) is 0 Å². The van der Waals surface area contributed by atoms with Crippen molar-refractivity contribution in [3.8, 4) is 0 Å². The van der Waals surface area contributed by atoms with Crippen molar-refractivity contribution in [3.05, 3.63) is 21.9 Å². The molecule has 0 bridgehead atoms. The van der Waals surface area contributed by atoms with E-state index in [-0.39, 0.29) is 0 Å². The molecule has 0 radical (unpaired) electrons. The lowest BCUT2D eigenvalue weighted by Gasteiger charge is -2.23. The Labute approximate surface area is 101 Å². The van der Waals surface area contributed by atoms with Crippen LogP contribution >= 0.6 is 23.1 Å². The highest BCUT2D eigenvalue weighted by Crippen LogP contribution is 2.33. The largest absolute Gasteiger partial charge is 0.310 e. The summed E-state index contributed by atoms with van der Waals surface area (Å²) < 4.78 is 0. The Balaban J connectivity index is 1.84. The molecule has 0 amide bonds. The molecule has 0 saturated carbocycles. The van der Waals surface area contributed by atoms with Gasteiger partial charge in [0.25, 0.3) is 0 Å². The molecular formula is C12H19NS2. The van der Waals surface area contributed by atoms with E-state index >= 15 is 0 Å². The van der Waals surface area contributed by atoms with Crippen molar-refractivity contribution in [2.24, 2.45) is 0 Å². The number of aryl methyl sites for hydroxylation is 1. The van der Waals surface area contributed by atoms with Gasteiger partial charge in [-0.2, -0.15) is 11.8 Å². The predicted octanol–water partition coefficient (Wildman–Crippen LogP) is 3.47. The van der Waals surface area contributed by atoms with Gasteiger partial charge >= 0.3 is 0 Å². The number of nitrogens with one attached hydrogen (secondary N) is 1. The molecule has 0 spiro atoms. The summed E-state index contributed by atoms with van der Waals surface area (Å²) >= 11 is 3.87. The maximum Gasteiger partial charge on any atom is 0.0331 e. The van der Waals surface area contributed by atoms with Crippen molar-refractivity contribution in [2.75, 3.05) is 18.6 Å². The van der Waals surface area contributed by atoms with Crippen molar-refractivity contribution in [2.45, 2.75) is 31.7 Å². The summed E-state index contributed by atoms with van der Waals surface area (Å²) in [6.45, 7) is 1.17. The quantitative estimate of drug-likeness (QED) is 0.792. The normalized spacial score (nSPS) is 20.2. The van der Waals surface area contributed by atoms with Gasteiger partial charge in [0, 0.05) is 10.9 Å². The van der Waals surface area contributed by atoms with Crippen LogP contribution in [0.3, 0.4) is 0 Å². The Morgan fingerprint density at radius 2 is 2.53 bits per heavy atom. The average molecular weight is 241 g/mol. The van der Waals surface area contributed by atoms with Gasteiger partial charge in [-0.1, -0.05) is 0 Å². The van der Waals surface area contributed by atoms with E-state index in [0.717, 1.165) is 0 Å². The summed E-state index contributed by atoms with van der Waals surface area (Å²) in [6.07, 6.45) is 7.45. The van der Waals surface area contributed by atoms with Crippen LogP contribution in [-0.2, 0) is 6.42 Å². The minimum Gasteiger partial charge on any atom is -0.310 e. The molecule has 84 valence electrons. The Bertz CT molecular complexity index is 296. The first kappa shape index (κ1) is 11.5. The zero-order valence-corrected chi connectivity index (χ0v) is 10.9. The van der Waals surface area contributed by atoms with Gasteiger partial charge in [-0.05, 0) is 61.2 Å². The van der Waals surface area contributed by atoms with Crippen LogP contribution in [0.2, 0.25) is 0 Å². The smallest absolute Gasteiger partial charge is 0.0331 e. The van der Waals surface area contributed by atoms with Crippen molar-refractivity contribution in [3.63, 3.8) is 0 Å². The van der Waals surface area contributed by atoms with Gasteiger partial charge in [0.2, 0.25) is 0 Å². The van der Waals surface area contributed by atoms with E-state index in [1.807, 2.05) is 23.1 Å². The summed E-state index contributed by atoms with van der Waals surface area (Å²) in [4.78, 5) is 1.61. The van der Waals surface area contributed by atoms with Gasteiger partial charge in [-0.15, -0.1) is 11.3 Å². The van der Waals surface area contributed by atoms with Crippen molar-refractivity contribution >= 4 is 23.1 Å². The molecule has 1 atom stereocenters. The minimum absolute atomic E-state index is 0.641. The fourth-order valence-electron chi connectivity index (χ4n) is 2.19. The molecule has 1 heterocycles. The monoisotopic (exact) mass is 241 g/mol. The summed E-state index contributed by atoms with van der Waals surface area (Å²) in [5, 5.41) is 5.93. The second-order valence-electron chi connectivity index (χ2n) is 4.04. The van der Waals surface area contributed by atoms with Gasteiger partial charge in [0.05, 0.1) is 0 Å². The molecule has 2 rings (SSSR count). The molecule has 1 unspecified atom stereocenters. The molecule has 1 aliphatic carbocycles. The number of fused-ring (bicyclic) bond motifs is 1. The van der Waals surface area contributed by atoms with Gasteiger partial charge in [0.15, 0.2) is 0 Å². The van der Waals surface area contributed by atoms with Crippen LogP contribution < -0.4 is 5.32 Å². The highest BCUT2D eigenvalue weighted by molar-refractivity contribution is 7.98. The first-order valence-electron chi connectivity index (χ1n) is 5.70. The molecule has 0 saturated heterocycles. The van der Waals surface area contributed by atoms with Crippen LogP contribution in [0.25, 0.3) is 0 Å². The van der Waals surface area contributed by atoms with Gasteiger partial charge in [0.1, 0.15) is 0 Å². The Kier molecular flexibility index (Phi) is 4.54. The second-order valence-corrected chi connectivity index (χ2v) is 6.03. The molecule has 1 aromatic rings. The van der Waals surface area contributed by atoms with E-state index in [1.165, 1.54) is 38.0 Å². The standard InChI is InChI=1S/C12H19NS2/c1-14-8-3-7-13-11-4-2-5-12-10(11)6-9-15-12/h6,9,11,13H,2-5,7-8H2,1H3. The SMILES string of the molecule is CSCCCNC1CCCc2sccc21. The summed E-state index contributed by atoms with van der Waals surface area (Å²) in [7, 11) is 0. The number of thioether (sulfide) groups is 1. The van der Waals surface area contributed by atoms with Crippen LogP contribution in [0.1, 0.15) is 35.7 Å². The lowest BCUT2D eigenvalue weighted by molar-refractivity contribution is 0.465. The zero-order valence-electron chi connectivity index (χ0n) is 9.29. The summed E-state index contributed by atoms with van der Waals surface area (Å²) in [5.41, 5.74) is 1.58. The predicted molar refractivity (Wildman–Crippen MR) is 71.0 cm³/mol. The molecule has 3 heteroatoms. The second kappa shape index (κ2) is 5.92. The minimum atomic E-state index is 0.641. The van der Waals surface area contributed by atoms with Crippen molar-refractivity contribution in [1.82, 2.24) is 5.32 Å². The maximum absolute atomic E-state index is 3.69. The van der Waals surface area contributed by atoms with Crippen LogP contribution in [0.15, 0.2) is 11.4 Å². The number of hydrogen-bond acceptors (Lipinski definition) is 3. The fraction of sp³-hybridized carbons (Fsp3) is 0.667. The Hall–Kier alpha value is 0.0100. The molecule has 1 N–H and O–H groups in total. The highest BCUT2D eigenvalue weighted by Gasteiger charge is 2.19.